The summed E-state index contributed by atoms with van der Waals surface area (Å²) in [6, 6.07) is 8.19. The molecule has 1 aromatic rings. The second-order valence-electron chi connectivity index (χ2n) is 12.2. The predicted octanol–water partition coefficient (Wildman–Crippen LogP) is 10.1. The summed E-state index contributed by atoms with van der Waals surface area (Å²) in [5.74, 6) is 6.20. The van der Waals surface area contributed by atoms with E-state index < -0.39 is 0 Å². The van der Waals surface area contributed by atoms with Crippen molar-refractivity contribution in [3.8, 4) is 0 Å². The number of alkyl halides is 1. The number of aryl methyl sites for hydroxylation is 1. The molecule has 3 fully saturated rings. The van der Waals surface area contributed by atoms with E-state index in [1.807, 2.05) is 12.1 Å². The van der Waals surface area contributed by atoms with Crippen LogP contribution in [0.1, 0.15) is 127 Å². The van der Waals surface area contributed by atoms with Gasteiger partial charge in [-0.05, 0) is 111 Å². The maximum Gasteiger partial charge on any atom is 0.115 e. The SMILES string of the molecule is CCCCCC1CCC(C2CCC(C3CCC(CCc4ccc(CF)cc4)CC3)CC2)CC1. The van der Waals surface area contributed by atoms with E-state index in [4.69, 9.17) is 0 Å². The molecule has 0 atom stereocenters. The van der Waals surface area contributed by atoms with Gasteiger partial charge in [0.25, 0.3) is 0 Å². The third-order valence-corrected chi connectivity index (χ3v) is 10.2. The maximum atomic E-state index is 12.7. The highest BCUT2D eigenvalue weighted by atomic mass is 19.1. The first-order valence-electron chi connectivity index (χ1n) is 14.9. The van der Waals surface area contributed by atoms with Crippen molar-refractivity contribution in [3.05, 3.63) is 35.4 Å². The minimum atomic E-state index is -0.341. The fourth-order valence-corrected chi connectivity index (χ4v) is 7.83. The molecule has 3 aliphatic carbocycles. The van der Waals surface area contributed by atoms with Crippen LogP contribution in [0.2, 0.25) is 0 Å². The van der Waals surface area contributed by atoms with Crippen LogP contribution < -0.4 is 0 Å². The van der Waals surface area contributed by atoms with Crippen molar-refractivity contribution in [2.45, 2.75) is 129 Å². The van der Waals surface area contributed by atoms with Crippen LogP contribution in [0.15, 0.2) is 24.3 Å². The summed E-state index contributed by atoms with van der Waals surface area (Å²) in [5.41, 5.74) is 2.20. The Kier molecular flexibility index (Phi) is 10.2. The van der Waals surface area contributed by atoms with Gasteiger partial charge in [0.05, 0.1) is 0 Å². The molecule has 0 aromatic heterocycles. The third kappa shape index (κ3) is 7.57. The molecule has 0 spiro atoms. The van der Waals surface area contributed by atoms with Gasteiger partial charge in [-0.2, -0.15) is 0 Å². The van der Waals surface area contributed by atoms with E-state index in [9.17, 15) is 4.39 Å². The van der Waals surface area contributed by atoms with E-state index in [2.05, 4.69) is 19.1 Å². The van der Waals surface area contributed by atoms with Gasteiger partial charge < -0.3 is 0 Å². The number of halogens is 1. The molecule has 0 radical (unpaired) electrons. The zero-order valence-corrected chi connectivity index (χ0v) is 21.6. The molecular weight excluding hydrogens is 403 g/mol. The fourth-order valence-electron chi connectivity index (χ4n) is 7.83. The van der Waals surface area contributed by atoms with Crippen LogP contribution in [-0.2, 0) is 13.1 Å². The van der Waals surface area contributed by atoms with E-state index >= 15 is 0 Å². The second kappa shape index (κ2) is 13.3. The van der Waals surface area contributed by atoms with Crippen molar-refractivity contribution in [2.24, 2.45) is 35.5 Å². The Bertz CT molecular complexity index is 640. The van der Waals surface area contributed by atoms with Crippen molar-refractivity contribution in [2.75, 3.05) is 0 Å². The minimum Gasteiger partial charge on any atom is -0.246 e. The molecule has 1 heteroatoms. The average molecular weight is 455 g/mol. The van der Waals surface area contributed by atoms with Gasteiger partial charge in [-0.3, -0.25) is 0 Å². The normalized spacial score (nSPS) is 33.2. The lowest BCUT2D eigenvalue weighted by atomic mass is 9.64. The Morgan fingerprint density at radius 1 is 0.576 bits per heavy atom. The summed E-state index contributed by atoms with van der Waals surface area (Å²) >= 11 is 0. The van der Waals surface area contributed by atoms with Crippen molar-refractivity contribution in [3.63, 3.8) is 0 Å². The molecule has 0 nitrogen and oxygen atoms in total. The largest absolute Gasteiger partial charge is 0.246 e. The lowest BCUT2D eigenvalue weighted by molar-refractivity contribution is 0.102. The molecule has 186 valence electrons. The average Bonchev–Trinajstić information content (AvgIpc) is 2.89. The molecule has 3 aliphatic rings. The molecule has 0 aliphatic heterocycles. The van der Waals surface area contributed by atoms with Gasteiger partial charge in [0, 0.05) is 0 Å². The monoisotopic (exact) mass is 454 g/mol. The molecule has 4 rings (SSSR count). The van der Waals surface area contributed by atoms with Crippen LogP contribution >= 0.6 is 0 Å². The molecular formula is C32H51F. The predicted molar refractivity (Wildman–Crippen MR) is 140 cm³/mol. The van der Waals surface area contributed by atoms with Gasteiger partial charge in [0.2, 0.25) is 0 Å². The highest BCUT2D eigenvalue weighted by Crippen LogP contribution is 2.46. The minimum absolute atomic E-state index is 0.341. The molecule has 0 bridgehead atoms. The molecule has 0 amide bonds. The van der Waals surface area contributed by atoms with Gasteiger partial charge in [0.1, 0.15) is 6.67 Å². The van der Waals surface area contributed by atoms with Gasteiger partial charge in [-0.1, -0.05) is 82.6 Å². The Hall–Kier alpha value is -0.850. The van der Waals surface area contributed by atoms with Gasteiger partial charge in [-0.15, -0.1) is 0 Å². The zero-order chi connectivity index (χ0) is 22.9. The summed E-state index contributed by atoms with van der Waals surface area (Å²) in [6.07, 6.45) is 26.6. The summed E-state index contributed by atoms with van der Waals surface area (Å²) in [7, 11) is 0. The molecule has 33 heavy (non-hydrogen) atoms. The topological polar surface area (TPSA) is 0 Å². The van der Waals surface area contributed by atoms with E-state index in [-0.39, 0.29) is 6.67 Å². The van der Waals surface area contributed by atoms with Crippen LogP contribution in [0.3, 0.4) is 0 Å². The highest BCUT2D eigenvalue weighted by molar-refractivity contribution is 5.22. The van der Waals surface area contributed by atoms with Crippen LogP contribution in [0.4, 0.5) is 4.39 Å². The van der Waals surface area contributed by atoms with Crippen molar-refractivity contribution in [1.29, 1.82) is 0 Å². The number of unbranched alkanes of at least 4 members (excludes halogenated alkanes) is 2. The van der Waals surface area contributed by atoms with Crippen LogP contribution in [-0.4, -0.2) is 0 Å². The van der Waals surface area contributed by atoms with Gasteiger partial charge >= 0.3 is 0 Å². The fraction of sp³-hybridized carbons (Fsp3) is 0.812. The van der Waals surface area contributed by atoms with Crippen molar-refractivity contribution in [1.82, 2.24) is 0 Å². The van der Waals surface area contributed by atoms with E-state index in [1.54, 1.807) is 25.7 Å². The van der Waals surface area contributed by atoms with Crippen molar-refractivity contribution < 1.29 is 4.39 Å². The Morgan fingerprint density at radius 3 is 1.45 bits per heavy atom. The standard InChI is InChI=1S/C32H51F/c1-2-3-4-5-25-12-16-29(17-13-25)31-20-22-32(23-21-31)30-18-14-27(15-19-30)7-6-26-8-10-28(24-33)11-9-26/h8-11,25,27,29-32H,2-7,12-24H2,1H3. The first-order valence-corrected chi connectivity index (χ1v) is 14.9. The van der Waals surface area contributed by atoms with E-state index in [0.717, 1.165) is 41.1 Å². The first kappa shape index (κ1) is 25.2. The molecule has 0 unspecified atom stereocenters. The molecule has 0 heterocycles. The van der Waals surface area contributed by atoms with Gasteiger partial charge in [-0.25, -0.2) is 4.39 Å². The number of hydrogen-bond acceptors (Lipinski definition) is 0. The molecule has 3 saturated carbocycles. The second-order valence-corrected chi connectivity index (χ2v) is 12.2. The molecule has 0 N–H and O–H groups in total. The lowest BCUT2D eigenvalue weighted by Crippen LogP contribution is -2.29. The third-order valence-electron chi connectivity index (χ3n) is 10.2. The first-order chi connectivity index (χ1) is 16.2. The summed E-state index contributed by atoms with van der Waals surface area (Å²) < 4.78 is 12.7. The Balaban J connectivity index is 1.10. The number of hydrogen-bond donors (Lipinski definition) is 0. The lowest BCUT2D eigenvalue weighted by Gasteiger charge is -2.41. The quantitative estimate of drug-likeness (QED) is 0.308. The van der Waals surface area contributed by atoms with Crippen LogP contribution in [0.5, 0.6) is 0 Å². The van der Waals surface area contributed by atoms with Gasteiger partial charge in [0.15, 0.2) is 0 Å². The Morgan fingerprint density at radius 2 is 1.00 bits per heavy atom. The van der Waals surface area contributed by atoms with E-state index in [1.165, 1.54) is 95.5 Å². The molecule has 1 aromatic carbocycles. The highest BCUT2D eigenvalue weighted by Gasteiger charge is 2.34. The molecule has 0 saturated heterocycles. The number of rotatable bonds is 10. The zero-order valence-electron chi connectivity index (χ0n) is 21.6. The van der Waals surface area contributed by atoms with Crippen LogP contribution in [0, 0.1) is 35.5 Å². The summed E-state index contributed by atoms with van der Waals surface area (Å²) in [6.45, 7) is 1.99. The number of benzene rings is 1. The van der Waals surface area contributed by atoms with E-state index in [0.29, 0.717) is 0 Å². The smallest absolute Gasteiger partial charge is 0.115 e. The maximum absolute atomic E-state index is 12.7. The summed E-state index contributed by atoms with van der Waals surface area (Å²) in [5, 5.41) is 0. The Labute approximate surface area is 204 Å². The van der Waals surface area contributed by atoms with Crippen LogP contribution in [0.25, 0.3) is 0 Å². The van der Waals surface area contributed by atoms with Crippen molar-refractivity contribution >= 4 is 0 Å². The summed E-state index contributed by atoms with van der Waals surface area (Å²) in [4.78, 5) is 0.